The van der Waals surface area contributed by atoms with Gasteiger partial charge in [-0.1, -0.05) is 72.5 Å². The van der Waals surface area contributed by atoms with Gasteiger partial charge < -0.3 is 0 Å². The molecule has 4 aromatic carbocycles. The topological polar surface area (TPSA) is 0 Å². The first-order valence-corrected chi connectivity index (χ1v) is 5.83. The van der Waals surface area contributed by atoms with Gasteiger partial charge in [-0.15, -0.1) is 0 Å². The minimum atomic E-state index is -0.669. The molecule has 0 saturated heterocycles. The quantitative estimate of drug-likeness (QED) is 0.417. The average molecular weight is 267 g/mol. The predicted molar refractivity (Wildman–Crippen MR) is 86.9 cm³/mol. The zero-order valence-electron chi connectivity index (χ0n) is 23.1. The molecule has 0 aliphatic heterocycles. The number of benzene rings is 4. The van der Waals surface area contributed by atoms with Crippen LogP contribution in [0.1, 0.15) is 17.8 Å². The van der Waals surface area contributed by atoms with E-state index in [1.165, 1.54) is 0 Å². The van der Waals surface area contributed by atoms with Crippen LogP contribution in [0.15, 0.2) is 84.6 Å². The van der Waals surface area contributed by atoms with E-state index in [2.05, 4.69) is 0 Å². The van der Waals surface area contributed by atoms with Crippen molar-refractivity contribution >= 4 is 21.5 Å². The number of rotatable bonds is 1. The second-order valence-electron chi connectivity index (χ2n) is 4.06. The van der Waals surface area contributed by atoms with Crippen molar-refractivity contribution in [1.82, 2.24) is 0 Å². The third-order valence-corrected chi connectivity index (χ3v) is 2.80. The van der Waals surface area contributed by atoms with Crippen molar-refractivity contribution in [3.8, 4) is 11.1 Å². The SMILES string of the molecule is [2H]c1cc([2H])c2c([2H])c([2H])c(-c3c([2H])c([2H])c4c([2H])c([2H])c([2H])c([2H])c4c3[2H])c([2H])c2c1[2H]. The van der Waals surface area contributed by atoms with Gasteiger partial charge >= 0.3 is 0 Å². The Hall–Kier alpha value is -2.60. The molecule has 0 aliphatic rings. The molecule has 0 nitrogen and oxygen atoms in total. The van der Waals surface area contributed by atoms with Gasteiger partial charge in [0.15, 0.2) is 0 Å². The molecule has 4 aromatic rings. The van der Waals surface area contributed by atoms with E-state index in [4.69, 9.17) is 17.8 Å². The molecule has 0 fully saturated rings. The van der Waals surface area contributed by atoms with Gasteiger partial charge in [-0.25, -0.2) is 0 Å². The zero-order valence-corrected chi connectivity index (χ0v) is 10.1. The summed E-state index contributed by atoms with van der Waals surface area (Å²) in [4.78, 5) is 0. The standard InChI is InChI=1S/C20H14/c1-3-7-17-13-19(11-9-15(17)5-1)20-12-10-16-6-2-4-8-18(16)14-20/h1-14H/i1D,3D,4D,5D,6D,7D,8D,9D,10D,11D,12D,13D,14D. The summed E-state index contributed by atoms with van der Waals surface area (Å²) < 4.78 is 107. The minimum Gasteiger partial charge on any atom is -0.0616 e. The van der Waals surface area contributed by atoms with Crippen molar-refractivity contribution in [3.05, 3.63) is 84.6 Å². The van der Waals surface area contributed by atoms with Crippen LogP contribution in [-0.4, -0.2) is 0 Å². The van der Waals surface area contributed by atoms with Crippen molar-refractivity contribution in [2.24, 2.45) is 0 Å². The summed E-state index contributed by atoms with van der Waals surface area (Å²) in [6.45, 7) is 0. The largest absolute Gasteiger partial charge is 0.0636 e. The molecule has 0 N–H and O–H groups in total. The Morgan fingerprint density at radius 2 is 1.05 bits per heavy atom. The lowest BCUT2D eigenvalue weighted by Crippen LogP contribution is -1.80. The van der Waals surface area contributed by atoms with E-state index in [9.17, 15) is 0 Å². The summed E-state index contributed by atoms with van der Waals surface area (Å²) in [5.41, 5.74) is -0.895. The molecule has 0 unspecified atom stereocenters. The summed E-state index contributed by atoms with van der Waals surface area (Å²) in [5.74, 6) is 0. The second-order valence-corrected chi connectivity index (χ2v) is 4.06. The molecule has 20 heavy (non-hydrogen) atoms. The summed E-state index contributed by atoms with van der Waals surface area (Å²) in [6, 6.07) is -6.27. The highest BCUT2D eigenvalue weighted by Crippen LogP contribution is 2.27. The summed E-state index contributed by atoms with van der Waals surface area (Å²) in [7, 11) is 0. The maximum absolute atomic E-state index is 8.63. The Kier molecular flexibility index (Phi) is 0.944. The molecule has 94 valence electrons. The van der Waals surface area contributed by atoms with Crippen LogP contribution in [0.3, 0.4) is 0 Å². The first-order valence-electron chi connectivity index (χ1n) is 12.3. The molecule has 0 atom stereocenters. The Morgan fingerprint density at radius 3 is 1.75 bits per heavy atom. The fourth-order valence-electron chi connectivity index (χ4n) is 1.86. The van der Waals surface area contributed by atoms with Gasteiger partial charge in [0.05, 0.1) is 17.8 Å². The van der Waals surface area contributed by atoms with Crippen LogP contribution in [-0.2, 0) is 0 Å². The fourth-order valence-corrected chi connectivity index (χ4v) is 1.86. The van der Waals surface area contributed by atoms with E-state index in [-0.39, 0.29) is 33.6 Å². The summed E-state index contributed by atoms with van der Waals surface area (Å²) in [5, 5.41) is -1.16. The van der Waals surface area contributed by atoms with E-state index >= 15 is 0 Å². The lowest BCUT2D eigenvalue weighted by atomic mass is 9.99. The second kappa shape index (κ2) is 4.50. The molecule has 0 radical (unpaired) electrons. The molecule has 0 aliphatic carbocycles. The summed E-state index contributed by atoms with van der Waals surface area (Å²) in [6.07, 6.45) is 0. The fraction of sp³-hybridized carbons (Fsp3) is 0. The van der Waals surface area contributed by atoms with E-state index in [1.807, 2.05) is 0 Å². The molecule has 0 heteroatoms. The van der Waals surface area contributed by atoms with Gasteiger partial charge in [-0.2, -0.15) is 0 Å². The smallest absolute Gasteiger partial charge is 0.0616 e. The number of hydrogen-bond donors (Lipinski definition) is 0. The maximum Gasteiger partial charge on any atom is 0.0636 e. The Bertz CT molecular complexity index is 1540. The van der Waals surface area contributed by atoms with Crippen LogP contribution >= 0.6 is 0 Å². The third kappa shape index (κ3) is 1.86. The highest BCUT2D eigenvalue weighted by atomic mass is 14.1. The van der Waals surface area contributed by atoms with Crippen molar-refractivity contribution < 1.29 is 17.8 Å². The third-order valence-electron chi connectivity index (χ3n) is 2.80. The number of hydrogen-bond acceptors (Lipinski definition) is 0. The predicted octanol–water partition coefficient (Wildman–Crippen LogP) is 5.66. The van der Waals surface area contributed by atoms with Crippen molar-refractivity contribution in [2.75, 3.05) is 0 Å². The molecular formula is C20H14. The van der Waals surface area contributed by atoms with Gasteiger partial charge in [0.1, 0.15) is 0 Å². The molecule has 0 heterocycles. The zero-order chi connectivity index (χ0) is 24.7. The molecule has 4 rings (SSSR count). The van der Waals surface area contributed by atoms with Crippen molar-refractivity contribution in [1.29, 1.82) is 0 Å². The molecule has 0 aromatic heterocycles. The first-order chi connectivity index (χ1) is 15.3. The minimum absolute atomic E-state index is 0.193. The van der Waals surface area contributed by atoms with Gasteiger partial charge in [-0.05, 0) is 44.8 Å². The van der Waals surface area contributed by atoms with Crippen molar-refractivity contribution in [2.45, 2.75) is 0 Å². The van der Waals surface area contributed by atoms with Crippen LogP contribution in [0.4, 0.5) is 0 Å². The summed E-state index contributed by atoms with van der Waals surface area (Å²) >= 11 is 0. The van der Waals surface area contributed by atoms with Crippen LogP contribution in [0.2, 0.25) is 0 Å². The van der Waals surface area contributed by atoms with Crippen LogP contribution in [0, 0.1) is 0 Å². The lowest BCUT2D eigenvalue weighted by molar-refractivity contribution is 1.67. The first kappa shape index (κ1) is 4.20. The highest BCUT2D eigenvalue weighted by Gasteiger charge is 2.01. The van der Waals surface area contributed by atoms with Gasteiger partial charge in [0.25, 0.3) is 0 Å². The van der Waals surface area contributed by atoms with Gasteiger partial charge in [0, 0.05) is 0 Å². The van der Waals surface area contributed by atoms with Crippen LogP contribution in [0.25, 0.3) is 32.7 Å². The molecule has 0 amide bonds. The van der Waals surface area contributed by atoms with Gasteiger partial charge in [-0.3, -0.25) is 0 Å². The molecule has 0 bridgehead atoms. The van der Waals surface area contributed by atoms with E-state index in [0.29, 0.717) is 0 Å². The molecule has 0 spiro atoms. The van der Waals surface area contributed by atoms with E-state index in [1.54, 1.807) is 0 Å². The molecular weight excluding hydrogens is 240 g/mol. The van der Waals surface area contributed by atoms with E-state index < -0.39 is 77.6 Å². The number of fused-ring (bicyclic) bond motifs is 2. The van der Waals surface area contributed by atoms with Crippen molar-refractivity contribution in [3.63, 3.8) is 0 Å². The van der Waals surface area contributed by atoms with Crippen LogP contribution in [0.5, 0.6) is 0 Å². The Morgan fingerprint density at radius 1 is 0.500 bits per heavy atom. The Labute approximate surface area is 136 Å². The monoisotopic (exact) mass is 267 g/mol. The molecule has 0 saturated carbocycles. The Balaban J connectivity index is 2.31. The van der Waals surface area contributed by atoms with E-state index in [0.717, 1.165) is 6.07 Å². The normalized spacial score (nSPS) is 20.1. The average Bonchev–Trinajstić information content (AvgIpc) is 2.76. The highest BCUT2D eigenvalue weighted by molar-refractivity contribution is 5.91. The van der Waals surface area contributed by atoms with Gasteiger partial charge in [0.2, 0.25) is 0 Å². The maximum atomic E-state index is 8.63. The van der Waals surface area contributed by atoms with Crippen LogP contribution < -0.4 is 0 Å². The lowest BCUT2D eigenvalue weighted by Gasteiger charge is -2.06.